The summed E-state index contributed by atoms with van der Waals surface area (Å²) in [5.74, 6) is -1.26. The molecule has 4 rings (SSSR count). The van der Waals surface area contributed by atoms with Gasteiger partial charge < -0.3 is 9.64 Å². The van der Waals surface area contributed by atoms with Gasteiger partial charge in [-0.25, -0.2) is 14.1 Å². The molecule has 0 radical (unpaired) electrons. The minimum absolute atomic E-state index is 0.0383. The molecule has 1 amide bonds. The molecule has 0 saturated heterocycles. The van der Waals surface area contributed by atoms with Crippen LogP contribution < -0.4 is 0 Å². The number of pyridine rings is 1. The average Bonchev–Trinajstić information content (AvgIpc) is 3.65. The number of rotatable bonds is 9. The van der Waals surface area contributed by atoms with E-state index in [4.69, 9.17) is 39.5 Å². The maximum Gasteiger partial charge on any atom is 0.435 e. The van der Waals surface area contributed by atoms with Crippen molar-refractivity contribution in [2.45, 2.75) is 36.9 Å². The molecule has 0 N–H and O–H groups in total. The number of halogens is 10. The van der Waals surface area contributed by atoms with Crippen molar-refractivity contribution in [2.24, 2.45) is 0 Å². The van der Waals surface area contributed by atoms with Gasteiger partial charge in [0.1, 0.15) is 24.0 Å². The van der Waals surface area contributed by atoms with Gasteiger partial charge in [0, 0.05) is 35.1 Å². The van der Waals surface area contributed by atoms with Crippen LogP contribution in [0.4, 0.5) is 30.7 Å². The molecular formula is C26H18Cl3F7N4O3. The Kier molecular flexibility index (Phi) is 9.06. The van der Waals surface area contributed by atoms with E-state index in [1.54, 1.807) is 0 Å². The Hall–Kier alpha value is -3.36. The maximum absolute atomic E-state index is 14.6. The Balaban J connectivity index is 1.66. The monoisotopic (exact) mass is 672 g/mol. The van der Waals surface area contributed by atoms with E-state index in [0.717, 1.165) is 4.68 Å². The molecule has 1 aromatic carbocycles. The quantitative estimate of drug-likeness (QED) is 0.102. The third kappa shape index (κ3) is 6.46. The Morgan fingerprint density at radius 1 is 1.00 bits per heavy atom. The van der Waals surface area contributed by atoms with Crippen LogP contribution in [0.2, 0.25) is 15.2 Å². The van der Waals surface area contributed by atoms with Crippen molar-refractivity contribution < 1.29 is 45.1 Å². The van der Waals surface area contributed by atoms with Crippen LogP contribution >= 0.6 is 34.8 Å². The topological polar surface area (TPSA) is 77.3 Å². The van der Waals surface area contributed by atoms with Crippen LogP contribution in [0, 0.1) is 0 Å². The minimum Gasteiger partial charge on any atom is -0.460 e. The van der Waals surface area contributed by atoms with Crippen molar-refractivity contribution in [3.05, 3.63) is 75.8 Å². The number of ether oxygens (including phenoxy) is 1. The smallest absolute Gasteiger partial charge is 0.435 e. The van der Waals surface area contributed by atoms with E-state index >= 15 is 0 Å². The molecule has 0 unspecified atom stereocenters. The predicted octanol–water partition coefficient (Wildman–Crippen LogP) is 7.52. The van der Waals surface area contributed by atoms with Crippen molar-refractivity contribution in [2.75, 3.05) is 13.2 Å². The summed E-state index contributed by atoms with van der Waals surface area (Å²) < 4.78 is 99.8. The van der Waals surface area contributed by atoms with Gasteiger partial charge >= 0.3 is 24.0 Å². The van der Waals surface area contributed by atoms with Gasteiger partial charge in [-0.2, -0.15) is 31.4 Å². The second-order valence-electron chi connectivity index (χ2n) is 9.31. The van der Waals surface area contributed by atoms with Gasteiger partial charge in [0.25, 0.3) is 5.91 Å². The number of esters is 1. The first-order chi connectivity index (χ1) is 20.0. The van der Waals surface area contributed by atoms with E-state index in [-0.39, 0.29) is 58.9 Å². The van der Waals surface area contributed by atoms with Gasteiger partial charge in [0.15, 0.2) is 0 Å². The number of hydrogen-bond acceptors (Lipinski definition) is 5. The zero-order valence-electron chi connectivity index (χ0n) is 21.4. The molecule has 3 aromatic rings. The third-order valence-corrected chi connectivity index (χ3v) is 7.20. The minimum atomic E-state index is -6.37. The van der Waals surface area contributed by atoms with E-state index in [1.807, 2.05) is 0 Å². The summed E-state index contributed by atoms with van der Waals surface area (Å²) in [4.78, 5) is 30.8. The van der Waals surface area contributed by atoms with Gasteiger partial charge in [-0.15, -0.1) is 0 Å². The molecule has 43 heavy (non-hydrogen) atoms. The van der Waals surface area contributed by atoms with Gasteiger partial charge in [-0.3, -0.25) is 9.59 Å². The van der Waals surface area contributed by atoms with Gasteiger partial charge in [-0.05, 0) is 31.0 Å². The number of benzene rings is 1. The standard InChI is InChI=1S/C26H18Cl3F7N4O3/c1-2-5-43-20(41)12-39(16-3-4-16)23(42)17-6-13(9-37-22(17)29)14-10-38-40(11-14)21-18(27)7-15(8-19(21)28)24(30,25(31,32)33)26(34,35)36/h2,6-11,16H,1,3-5,12H2. The van der Waals surface area contributed by atoms with Crippen LogP contribution in [0.15, 0.2) is 49.4 Å². The zero-order valence-corrected chi connectivity index (χ0v) is 23.7. The Morgan fingerprint density at radius 3 is 2.14 bits per heavy atom. The normalized spacial score (nSPS) is 14.0. The van der Waals surface area contributed by atoms with E-state index in [1.165, 1.54) is 35.6 Å². The van der Waals surface area contributed by atoms with Crippen LogP contribution in [0.5, 0.6) is 0 Å². The molecule has 2 heterocycles. The first kappa shape index (κ1) is 32.6. The second kappa shape index (κ2) is 12.0. The number of alkyl halides is 7. The average molecular weight is 674 g/mol. The predicted molar refractivity (Wildman–Crippen MR) is 142 cm³/mol. The number of amides is 1. The molecule has 17 heteroatoms. The first-order valence-electron chi connectivity index (χ1n) is 12.1. The lowest BCUT2D eigenvalue weighted by Crippen LogP contribution is -2.50. The first-order valence-corrected chi connectivity index (χ1v) is 13.2. The Labute approximate surface area is 253 Å². The summed E-state index contributed by atoms with van der Waals surface area (Å²) in [6.07, 6.45) is -6.30. The highest BCUT2D eigenvalue weighted by Gasteiger charge is 2.73. The van der Waals surface area contributed by atoms with Gasteiger partial charge in [-0.1, -0.05) is 47.5 Å². The number of carbonyl (C=O) groups is 2. The number of carbonyl (C=O) groups excluding carboxylic acids is 2. The van der Waals surface area contributed by atoms with Crippen molar-refractivity contribution in [1.29, 1.82) is 0 Å². The van der Waals surface area contributed by atoms with Crippen LogP contribution in [0.1, 0.15) is 28.8 Å². The van der Waals surface area contributed by atoms with Crippen LogP contribution in [-0.2, 0) is 15.2 Å². The van der Waals surface area contributed by atoms with E-state index in [9.17, 15) is 40.3 Å². The molecule has 0 atom stereocenters. The molecular weight excluding hydrogens is 656 g/mol. The van der Waals surface area contributed by atoms with Gasteiger partial charge in [0.2, 0.25) is 0 Å². The van der Waals surface area contributed by atoms with Crippen molar-refractivity contribution >= 4 is 46.7 Å². The van der Waals surface area contributed by atoms with E-state index in [0.29, 0.717) is 12.8 Å². The van der Waals surface area contributed by atoms with Crippen LogP contribution in [0.3, 0.4) is 0 Å². The lowest BCUT2D eigenvalue weighted by atomic mass is 9.94. The SMILES string of the molecule is C=CCOC(=O)CN(C(=O)c1cc(-c2cnn(-c3c(Cl)cc(C(F)(C(F)(F)F)C(F)(F)F)cc3Cl)c2)cnc1Cl)C1CC1. The summed E-state index contributed by atoms with van der Waals surface area (Å²) >= 11 is 18.2. The van der Waals surface area contributed by atoms with Crippen LogP contribution in [-0.4, -0.2) is 63.1 Å². The van der Waals surface area contributed by atoms with Crippen LogP contribution in [0.25, 0.3) is 16.8 Å². The fourth-order valence-corrected chi connectivity index (χ4v) is 4.91. The largest absolute Gasteiger partial charge is 0.460 e. The maximum atomic E-state index is 14.6. The van der Waals surface area contributed by atoms with E-state index in [2.05, 4.69) is 16.7 Å². The highest BCUT2D eigenvalue weighted by atomic mass is 35.5. The van der Waals surface area contributed by atoms with Crippen molar-refractivity contribution in [1.82, 2.24) is 19.7 Å². The highest BCUT2D eigenvalue weighted by molar-refractivity contribution is 6.38. The molecule has 0 aliphatic heterocycles. The zero-order chi connectivity index (χ0) is 31.9. The number of hydrogen-bond donors (Lipinski definition) is 0. The summed E-state index contributed by atoms with van der Waals surface area (Å²) in [5.41, 5.74) is -7.49. The molecule has 1 fully saturated rings. The fraction of sp³-hybridized carbons (Fsp3) is 0.308. The molecule has 7 nitrogen and oxygen atoms in total. The lowest BCUT2D eigenvalue weighted by molar-refractivity contribution is -0.348. The molecule has 1 saturated carbocycles. The summed E-state index contributed by atoms with van der Waals surface area (Å²) in [6, 6.07) is 1.48. The third-order valence-electron chi connectivity index (χ3n) is 6.32. The fourth-order valence-electron chi connectivity index (χ4n) is 4.07. The Bertz CT molecular complexity index is 1530. The molecule has 0 spiro atoms. The number of nitrogens with zero attached hydrogens (tertiary/aromatic N) is 4. The molecule has 2 aromatic heterocycles. The summed E-state index contributed by atoms with van der Waals surface area (Å²) in [6.45, 7) is 3.07. The highest BCUT2D eigenvalue weighted by Crippen LogP contribution is 2.54. The summed E-state index contributed by atoms with van der Waals surface area (Å²) in [7, 11) is 0. The summed E-state index contributed by atoms with van der Waals surface area (Å²) in [5, 5.41) is 2.30. The van der Waals surface area contributed by atoms with Crippen molar-refractivity contribution in [3.63, 3.8) is 0 Å². The Morgan fingerprint density at radius 2 is 1.60 bits per heavy atom. The van der Waals surface area contributed by atoms with E-state index < -0.39 is 45.5 Å². The second-order valence-corrected chi connectivity index (χ2v) is 10.5. The van der Waals surface area contributed by atoms with Crippen molar-refractivity contribution in [3.8, 4) is 16.8 Å². The molecule has 230 valence electrons. The van der Waals surface area contributed by atoms with Gasteiger partial charge in [0.05, 0.1) is 21.8 Å². The number of aromatic nitrogens is 3. The molecule has 0 bridgehead atoms. The molecule has 1 aliphatic carbocycles. The molecule has 1 aliphatic rings. The lowest BCUT2D eigenvalue weighted by Gasteiger charge is -2.30.